The molecule has 0 bridgehead atoms. The van der Waals surface area contributed by atoms with E-state index in [0.717, 1.165) is 35.7 Å². The molecule has 1 unspecified atom stereocenters. The van der Waals surface area contributed by atoms with Crippen molar-refractivity contribution in [2.45, 2.75) is 32.7 Å². The topological polar surface area (TPSA) is 44.5 Å². The van der Waals surface area contributed by atoms with Crippen molar-refractivity contribution in [3.63, 3.8) is 0 Å². The summed E-state index contributed by atoms with van der Waals surface area (Å²) in [5, 5.41) is 0. The first-order valence-electron chi connectivity index (χ1n) is 7.30. The number of methoxy groups -OCH3 is 1. The number of para-hydroxylation sites is 2. The van der Waals surface area contributed by atoms with Gasteiger partial charge in [0, 0.05) is 6.04 Å². The molecule has 2 aromatic carbocycles. The van der Waals surface area contributed by atoms with Crippen molar-refractivity contribution in [2.24, 2.45) is 5.73 Å². The van der Waals surface area contributed by atoms with Crippen LogP contribution >= 0.6 is 0 Å². The largest absolute Gasteiger partial charge is 0.493 e. The van der Waals surface area contributed by atoms with Gasteiger partial charge in [-0.25, -0.2) is 0 Å². The van der Waals surface area contributed by atoms with E-state index in [9.17, 15) is 0 Å². The molecule has 0 aliphatic heterocycles. The molecule has 0 radical (unpaired) electrons. The van der Waals surface area contributed by atoms with Crippen molar-refractivity contribution >= 4 is 0 Å². The third-order valence-corrected chi connectivity index (χ3v) is 3.55. The molecule has 2 N–H and O–H groups in total. The zero-order valence-corrected chi connectivity index (χ0v) is 12.9. The van der Waals surface area contributed by atoms with Crippen LogP contribution in [0.4, 0.5) is 0 Å². The van der Waals surface area contributed by atoms with Crippen LogP contribution in [-0.2, 0) is 6.42 Å². The Labute approximate surface area is 126 Å². The van der Waals surface area contributed by atoms with Crippen LogP contribution in [0.2, 0.25) is 0 Å². The number of rotatable bonds is 6. The fourth-order valence-corrected chi connectivity index (χ4v) is 2.22. The first-order chi connectivity index (χ1) is 10.1. The molecule has 2 rings (SSSR count). The van der Waals surface area contributed by atoms with Crippen molar-refractivity contribution in [1.29, 1.82) is 0 Å². The maximum absolute atomic E-state index is 6.01. The van der Waals surface area contributed by atoms with E-state index in [2.05, 4.69) is 19.1 Å². The summed E-state index contributed by atoms with van der Waals surface area (Å²) in [6, 6.07) is 14.1. The molecule has 0 saturated heterocycles. The van der Waals surface area contributed by atoms with Gasteiger partial charge in [-0.15, -0.1) is 0 Å². The first kappa shape index (κ1) is 15.4. The Bertz CT molecular complexity index is 596. The second-order valence-electron chi connectivity index (χ2n) is 5.23. The number of nitrogens with two attached hydrogens (primary N) is 1. The summed E-state index contributed by atoms with van der Waals surface area (Å²) in [4.78, 5) is 0. The van der Waals surface area contributed by atoms with E-state index in [0.29, 0.717) is 0 Å². The van der Waals surface area contributed by atoms with E-state index in [1.165, 1.54) is 5.56 Å². The number of hydrogen-bond donors (Lipinski definition) is 1. The van der Waals surface area contributed by atoms with Crippen LogP contribution in [0.5, 0.6) is 17.2 Å². The first-order valence-corrected chi connectivity index (χ1v) is 7.30. The molecule has 0 heterocycles. The summed E-state index contributed by atoms with van der Waals surface area (Å²) in [6.45, 7) is 4.16. The third kappa shape index (κ3) is 3.99. The highest BCUT2D eigenvalue weighted by atomic mass is 16.5. The summed E-state index contributed by atoms with van der Waals surface area (Å²) in [5.41, 5.74) is 8.35. The fraction of sp³-hybridized carbons (Fsp3) is 0.333. The molecule has 112 valence electrons. The number of hydrogen-bond acceptors (Lipinski definition) is 3. The van der Waals surface area contributed by atoms with Crippen LogP contribution in [0, 0.1) is 6.92 Å². The lowest BCUT2D eigenvalue weighted by atomic mass is 10.0. The van der Waals surface area contributed by atoms with Gasteiger partial charge in [-0.3, -0.25) is 0 Å². The van der Waals surface area contributed by atoms with Crippen LogP contribution in [-0.4, -0.2) is 13.2 Å². The molecule has 1 atom stereocenters. The van der Waals surface area contributed by atoms with Crippen molar-refractivity contribution < 1.29 is 9.47 Å². The summed E-state index contributed by atoms with van der Waals surface area (Å²) in [5.74, 6) is 2.29. The molecular weight excluding hydrogens is 262 g/mol. The Morgan fingerprint density at radius 1 is 1.05 bits per heavy atom. The molecule has 0 fully saturated rings. The lowest BCUT2D eigenvalue weighted by Gasteiger charge is -2.14. The highest BCUT2D eigenvalue weighted by Gasteiger charge is 2.08. The number of benzene rings is 2. The van der Waals surface area contributed by atoms with Gasteiger partial charge in [-0.1, -0.05) is 31.2 Å². The molecule has 0 aliphatic carbocycles. The van der Waals surface area contributed by atoms with Crippen LogP contribution < -0.4 is 15.2 Å². The molecular formula is C18H23NO2. The molecule has 2 aromatic rings. The Kier molecular flexibility index (Phi) is 5.23. The van der Waals surface area contributed by atoms with E-state index in [1.54, 1.807) is 7.11 Å². The zero-order valence-electron chi connectivity index (χ0n) is 12.9. The molecule has 0 aliphatic rings. The predicted molar refractivity (Wildman–Crippen MR) is 86.2 cm³/mol. The van der Waals surface area contributed by atoms with Crippen LogP contribution in [0.1, 0.15) is 24.5 Å². The summed E-state index contributed by atoms with van der Waals surface area (Å²) in [6.07, 6.45) is 1.88. The molecule has 3 heteroatoms. The summed E-state index contributed by atoms with van der Waals surface area (Å²) < 4.78 is 11.3. The molecule has 0 amide bonds. The van der Waals surface area contributed by atoms with Gasteiger partial charge in [0.2, 0.25) is 0 Å². The minimum Gasteiger partial charge on any atom is -0.493 e. The Balaban J connectivity index is 2.17. The van der Waals surface area contributed by atoms with Crippen molar-refractivity contribution in [3.05, 3.63) is 53.6 Å². The average molecular weight is 285 g/mol. The van der Waals surface area contributed by atoms with Crippen LogP contribution in [0.25, 0.3) is 0 Å². The van der Waals surface area contributed by atoms with E-state index >= 15 is 0 Å². The second kappa shape index (κ2) is 7.14. The predicted octanol–water partition coefficient (Wildman–Crippen LogP) is 4.08. The molecule has 0 spiro atoms. The minimum atomic E-state index is 0.213. The molecule has 0 saturated carbocycles. The van der Waals surface area contributed by atoms with E-state index in [-0.39, 0.29) is 6.04 Å². The Morgan fingerprint density at radius 3 is 2.38 bits per heavy atom. The Hall–Kier alpha value is -2.00. The average Bonchev–Trinajstić information content (AvgIpc) is 2.50. The second-order valence-corrected chi connectivity index (χ2v) is 5.23. The van der Waals surface area contributed by atoms with Gasteiger partial charge in [0.05, 0.1) is 7.11 Å². The zero-order chi connectivity index (χ0) is 15.2. The summed E-state index contributed by atoms with van der Waals surface area (Å²) in [7, 11) is 1.64. The molecule has 0 aromatic heterocycles. The highest BCUT2D eigenvalue weighted by Crippen LogP contribution is 2.32. The quantitative estimate of drug-likeness (QED) is 0.870. The van der Waals surface area contributed by atoms with Crippen LogP contribution in [0.15, 0.2) is 42.5 Å². The monoisotopic (exact) mass is 285 g/mol. The van der Waals surface area contributed by atoms with Gasteiger partial charge in [-0.05, 0) is 49.1 Å². The van der Waals surface area contributed by atoms with Gasteiger partial charge >= 0.3 is 0 Å². The van der Waals surface area contributed by atoms with Gasteiger partial charge in [-0.2, -0.15) is 0 Å². The smallest absolute Gasteiger partial charge is 0.169 e. The number of ether oxygens (including phenoxy) is 2. The van der Waals surface area contributed by atoms with Crippen LogP contribution in [0.3, 0.4) is 0 Å². The lowest BCUT2D eigenvalue weighted by molar-refractivity contribution is 0.378. The maximum atomic E-state index is 6.01. The molecule has 3 nitrogen and oxygen atoms in total. The standard InChI is InChI=1S/C18H23NO2/c1-4-15(19)12-14-9-10-16(13(2)11-14)21-18-8-6-5-7-17(18)20-3/h5-11,15H,4,12,19H2,1-3H3. The van der Waals surface area contributed by atoms with E-state index in [4.69, 9.17) is 15.2 Å². The highest BCUT2D eigenvalue weighted by molar-refractivity contribution is 5.45. The van der Waals surface area contributed by atoms with E-state index in [1.807, 2.05) is 37.3 Å². The Morgan fingerprint density at radius 2 is 1.76 bits per heavy atom. The normalized spacial score (nSPS) is 12.0. The van der Waals surface area contributed by atoms with Gasteiger partial charge in [0.25, 0.3) is 0 Å². The van der Waals surface area contributed by atoms with Gasteiger partial charge in [0.15, 0.2) is 11.5 Å². The SMILES string of the molecule is CCC(N)Cc1ccc(Oc2ccccc2OC)c(C)c1. The van der Waals surface area contributed by atoms with Crippen molar-refractivity contribution in [1.82, 2.24) is 0 Å². The van der Waals surface area contributed by atoms with Gasteiger partial charge < -0.3 is 15.2 Å². The fourth-order valence-electron chi connectivity index (χ4n) is 2.22. The maximum Gasteiger partial charge on any atom is 0.169 e. The third-order valence-electron chi connectivity index (χ3n) is 3.55. The summed E-state index contributed by atoms with van der Waals surface area (Å²) >= 11 is 0. The minimum absolute atomic E-state index is 0.213. The van der Waals surface area contributed by atoms with Crippen molar-refractivity contribution in [3.8, 4) is 17.2 Å². The lowest BCUT2D eigenvalue weighted by Crippen LogP contribution is -2.21. The number of aryl methyl sites for hydroxylation is 1. The molecule has 21 heavy (non-hydrogen) atoms. The van der Waals surface area contributed by atoms with Gasteiger partial charge in [0.1, 0.15) is 5.75 Å². The van der Waals surface area contributed by atoms with E-state index < -0.39 is 0 Å². The van der Waals surface area contributed by atoms with Crippen molar-refractivity contribution in [2.75, 3.05) is 7.11 Å².